The third-order valence-electron chi connectivity index (χ3n) is 2.36. The number of nitrogens with zero attached hydrogens (tertiary/aromatic N) is 3. The van der Waals surface area contributed by atoms with Crippen LogP contribution in [0.1, 0.15) is 45.1 Å². The van der Waals surface area contributed by atoms with E-state index in [4.69, 9.17) is 0 Å². The zero-order chi connectivity index (χ0) is 11.6. The summed E-state index contributed by atoms with van der Waals surface area (Å²) in [6.07, 6.45) is 1.58. The Morgan fingerprint density at radius 3 is 2.53 bits per heavy atom. The zero-order valence-electron chi connectivity index (χ0n) is 9.90. The van der Waals surface area contributed by atoms with Gasteiger partial charge in [-0.15, -0.1) is 0 Å². The second kappa shape index (κ2) is 3.99. The lowest BCUT2D eigenvalue weighted by atomic mass is 9.92. The van der Waals surface area contributed by atoms with Crippen LogP contribution >= 0.6 is 0 Å². The number of aliphatic imine (C=N–C) groups is 1. The van der Waals surface area contributed by atoms with Gasteiger partial charge < -0.3 is 0 Å². The van der Waals surface area contributed by atoms with E-state index in [0.717, 1.165) is 11.4 Å². The second-order valence-electron chi connectivity index (χ2n) is 4.72. The van der Waals surface area contributed by atoms with E-state index in [9.17, 15) is 4.79 Å². The molecule has 1 aromatic rings. The predicted octanol–water partition coefficient (Wildman–Crippen LogP) is 2.11. The van der Waals surface area contributed by atoms with E-state index in [1.54, 1.807) is 10.8 Å². The van der Waals surface area contributed by atoms with E-state index in [1.807, 2.05) is 20.0 Å². The Kier molecular flexibility index (Phi) is 3.10. The van der Waals surface area contributed by atoms with Crippen LogP contribution in [-0.2, 0) is 17.3 Å². The number of aryl methyl sites for hydroxylation is 1. The zero-order valence-corrected chi connectivity index (χ0v) is 9.90. The first kappa shape index (κ1) is 11.7. The van der Waals surface area contributed by atoms with E-state index in [-0.39, 0.29) is 11.5 Å². The van der Waals surface area contributed by atoms with Crippen LogP contribution in [0.25, 0.3) is 0 Å². The lowest BCUT2D eigenvalue weighted by Gasteiger charge is -2.13. The summed E-state index contributed by atoms with van der Waals surface area (Å²) in [5.41, 5.74) is 1.96. The van der Waals surface area contributed by atoms with Gasteiger partial charge in [0.15, 0.2) is 0 Å². The van der Waals surface area contributed by atoms with Gasteiger partial charge in [-0.05, 0) is 13.0 Å². The van der Waals surface area contributed by atoms with Crippen molar-refractivity contribution in [2.45, 2.75) is 39.2 Å². The Balaban J connectivity index is 3.12. The maximum absolute atomic E-state index is 10.2. The van der Waals surface area contributed by atoms with Crippen LogP contribution in [0.4, 0.5) is 0 Å². The molecule has 1 aromatic heterocycles. The molecule has 0 saturated carbocycles. The molecule has 0 bridgehead atoms. The molecule has 1 unspecified atom stereocenters. The minimum absolute atomic E-state index is 0.0145. The SMILES string of the molecule is CC(N=C=O)c1cc(C(C)(C)C)nn1C. The minimum atomic E-state index is -0.184. The maximum Gasteiger partial charge on any atom is 0.235 e. The lowest BCUT2D eigenvalue weighted by Crippen LogP contribution is -2.12. The predicted molar refractivity (Wildman–Crippen MR) is 58.4 cm³/mol. The molecule has 1 atom stereocenters. The van der Waals surface area contributed by atoms with E-state index in [2.05, 4.69) is 30.9 Å². The Labute approximate surface area is 90.0 Å². The average Bonchev–Trinajstić information content (AvgIpc) is 2.47. The number of hydrogen-bond acceptors (Lipinski definition) is 3. The van der Waals surface area contributed by atoms with Crippen molar-refractivity contribution >= 4 is 6.08 Å². The van der Waals surface area contributed by atoms with Crippen LogP contribution in [0.5, 0.6) is 0 Å². The lowest BCUT2D eigenvalue weighted by molar-refractivity contribution is 0.546. The first-order valence-corrected chi connectivity index (χ1v) is 4.97. The molecule has 1 rings (SSSR count). The van der Waals surface area contributed by atoms with Gasteiger partial charge in [0, 0.05) is 12.5 Å². The van der Waals surface area contributed by atoms with Gasteiger partial charge in [0.05, 0.1) is 11.4 Å². The molecule has 0 aliphatic rings. The molecular formula is C11H17N3O. The van der Waals surface area contributed by atoms with Crippen molar-refractivity contribution in [3.63, 3.8) is 0 Å². The quantitative estimate of drug-likeness (QED) is 0.551. The van der Waals surface area contributed by atoms with E-state index in [0.29, 0.717) is 0 Å². The third kappa shape index (κ3) is 2.54. The van der Waals surface area contributed by atoms with Gasteiger partial charge >= 0.3 is 0 Å². The summed E-state index contributed by atoms with van der Waals surface area (Å²) >= 11 is 0. The highest BCUT2D eigenvalue weighted by Crippen LogP contribution is 2.24. The number of isocyanates is 1. The van der Waals surface area contributed by atoms with Crippen LogP contribution in [0.2, 0.25) is 0 Å². The molecule has 0 spiro atoms. The summed E-state index contributed by atoms with van der Waals surface area (Å²) in [6.45, 7) is 8.17. The van der Waals surface area contributed by atoms with Crippen molar-refractivity contribution in [2.75, 3.05) is 0 Å². The largest absolute Gasteiger partial charge is 0.270 e. The molecule has 4 nitrogen and oxygen atoms in total. The highest BCUT2D eigenvalue weighted by molar-refractivity contribution is 5.34. The fourth-order valence-corrected chi connectivity index (χ4v) is 1.38. The molecule has 0 N–H and O–H groups in total. The van der Waals surface area contributed by atoms with Gasteiger partial charge in [0.1, 0.15) is 6.04 Å². The van der Waals surface area contributed by atoms with E-state index in [1.165, 1.54) is 0 Å². The molecular weight excluding hydrogens is 190 g/mol. The summed E-state index contributed by atoms with van der Waals surface area (Å²) in [5.74, 6) is 0. The van der Waals surface area contributed by atoms with E-state index >= 15 is 0 Å². The van der Waals surface area contributed by atoms with Gasteiger partial charge in [-0.25, -0.2) is 4.79 Å². The van der Waals surface area contributed by atoms with Gasteiger partial charge in [0.2, 0.25) is 6.08 Å². The summed E-state index contributed by atoms with van der Waals surface area (Å²) < 4.78 is 1.77. The normalized spacial score (nSPS) is 13.4. The molecule has 0 fully saturated rings. The molecule has 0 amide bonds. The molecule has 0 saturated heterocycles. The van der Waals surface area contributed by atoms with Crippen molar-refractivity contribution in [2.24, 2.45) is 12.0 Å². The number of carbonyl (C=O) groups excluding carboxylic acids is 1. The van der Waals surface area contributed by atoms with Gasteiger partial charge in [-0.3, -0.25) is 4.68 Å². The Bertz CT molecular complexity index is 394. The van der Waals surface area contributed by atoms with Gasteiger partial charge in [-0.2, -0.15) is 10.1 Å². The molecule has 15 heavy (non-hydrogen) atoms. The topological polar surface area (TPSA) is 47.2 Å². The third-order valence-corrected chi connectivity index (χ3v) is 2.36. The van der Waals surface area contributed by atoms with Crippen molar-refractivity contribution in [1.82, 2.24) is 9.78 Å². The summed E-state index contributed by atoms with van der Waals surface area (Å²) in [4.78, 5) is 13.9. The van der Waals surface area contributed by atoms with Crippen LogP contribution in [-0.4, -0.2) is 15.9 Å². The molecule has 82 valence electrons. The van der Waals surface area contributed by atoms with E-state index < -0.39 is 0 Å². The van der Waals surface area contributed by atoms with Gasteiger partial charge in [-0.1, -0.05) is 20.8 Å². The van der Waals surface area contributed by atoms with Crippen molar-refractivity contribution in [3.05, 3.63) is 17.5 Å². The number of hydrogen-bond donors (Lipinski definition) is 0. The molecule has 4 heteroatoms. The van der Waals surface area contributed by atoms with Crippen LogP contribution < -0.4 is 0 Å². The fourth-order valence-electron chi connectivity index (χ4n) is 1.38. The number of rotatable bonds is 2. The summed E-state index contributed by atoms with van der Waals surface area (Å²) in [6, 6.07) is 1.81. The first-order chi connectivity index (χ1) is 6.86. The fraction of sp³-hybridized carbons (Fsp3) is 0.636. The second-order valence-corrected chi connectivity index (χ2v) is 4.72. The summed E-state index contributed by atoms with van der Waals surface area (Å²) in [7, 11) is 1.86. The maximum atomic E-state index is 10.2. The monoisotopic (exact) mass is 207 g/mol. The van der Waals surface area contributed by atoms with Crippen molar-refractivity contribution in [1.29, 1.82) is 0 Å². The van der Waals surface area contributed by atoms with Crippen LogP contribution in [0.15, 0.2) is 11.1 Å². The molecule has 0 radical (unpaired) electrons. The Morgan fingerprint density at radius 2 is 2.13 bits per heavy atom. The molecule has 1 heterocycles. The molecule has 0 aromatic carbocycles. The smallest absolute Gasteiger partial charge is 0.235 e. The van der Waals surface area contributed by atoms with Crippen molar-refractivity contribution in [3.8, 4) is 0 Å². The minimum Gasteiger partial charge on any atom is -0.270 e. The van der Waals surface area contributed by atoms with Crippen LogP contribution in [0, 0.1) is 0 Å². The van der Waals surface area contributed by atoms with Crippen LogP contribution in [0.3, 0.4) is 0 Å². The van der Waals surface area contributed by atoms with Gasteiger partial charge in [0.25, 0.3) is 0 Å². The molecule has 0 aliphatic carbocycles. The highest BCUT2D eigenvalue weighted by atomic mass is 16.1. The Morgan fingerprint density at radius 1 is 1.53 bits per heavy atom. The summed E-state index contributed by atoms with van der Waals surface area (Å²) in [5, 5.41) is 4.41. The number of aromatic nitrogens is 2. The molecule has 0 aliphatic heterocycles. The Hall–Kier alpha value is -1.41. The highest BCUT2D eigenvalue weighted by Gasteiger charge is 2.20. The standard InChI is InChI=1S/C11H17N3O/c1-8(12-7-15)9-6-10(11(2,3)4)13-14(9)5/h6,8H,1-5H3. The first-order valence-electron chi connectivity index (χ1n) is 4.97. The average molecular weight is 207 g/mol. The van der Waals surface area contributed by atoms with Crippen molar-refractivity contribution < 1.29 is 4.79 Å².